The highest BCUT2D eigenvalue weighted by molar-refractivity contribution is 5.42. The fraction of sp³-hybridized carbons (Fsp3) is 0.312. The van der Waals surface area contributed by atoms with Gasteiger partial charge in [0, 0.05) is 19.3 Å². The summed E-state index contributed by atoms with van der Waals surface area (Å²) in [5.74, 6) is 0.927. The third kappa shape index (κ3) is 3.32. The summed E-state index contributed by atoms with van der Waals surface area (Å²) in [5.41, 5.74) is 4.31. The van der Waals surface area contributed by atoms with Gasteiger partial charge in [0.2, 0.25) is 0 Å². The molecule has 3 nitrogen and oxygen atoms in total. The quantitative estimate of drug-likeness (QED) is 0.913. The minimum absolute atomic E-state index is 0.0424. The fourth-order valence-electron chi connectivity index (χ4n) is 2.12. The summed E-state index contributed by atoms with van der Waals surface area (Å²) in [4.78, 5) is 6.64. The number of hydrogen-bond donors (Lipinski definition) is 1. The number of pyridine rings is 1. The molecule has 1 aromatic heterocycles. The molecular formula is C16H20N2O. The molecule has 3 heteroatoms. The molecule has 0 aliphatic carbocycles. The molecule has 2 aromatic rings. The van der Waals surface area contributed by atoms with Crippen LogP contribution in [0.4, 0.5) is 5.82 Å². The average molecular weight is 256 g/mol. The molecule has 0 saturated carbocycles. The van der Waals surface area contributed by atoms with E-state index >= 15 is 0 Å². The Balaban J connectivity index is 2.15. The van der Waals surface area contributed by atoms with Crippen molar-refractivity contribution in [2.24, 2.45) is 0 Å². The maximum atomic E-state index is 9.16. The van der Waals surface area contributed by atoms with Crippen molar-refractivity contribution in [1.82, 2.24) is 4.98 Å². The van der Waals surface area contributed by atoms with E-state index in [0.29, 0.717) is 0 Å². The van der Waals surface area contributed by atoms with E-state index in [1.807, 2.05) is 26.1 Å². The molecule has 19 heavy (non-hydrogen) atoms. The lowest BCUT2D eigenvalue weighted by Crippen LogP contribution is -2.18. The van der Waals surface area contributed by atoms with E-state index in [9.17, 15) is 0 Å². The van der Waals surface area contributed by atoms with Crippen molar-refractivity contribution in [2.75, 3.05) is 11.9 Å². The zero-order chi connectivity index (χ0) is 13.8. The van der Waals surface area contributed by atoms with E-state index < -0.39 is 0 Å². The van der Waals surface area contributed by atoms with Gasteiger partial charge in [-0.25, -0.2) is 4.98 Å². The fourth-order valence-corrected chi connectivity index (χ4v) is 2.12. The van der Waals surface area contributed by atoms with Crippen LogP contribution in [0.15, 0.2) is 36.4 Å². The first kappa shape index (κ1) is 13.6. The molecule has 1 heterocycles. The number of aliphatic hydroxyl groups is 1. The largest absolute Gasteiger partial charge is 0.392 e. The topological polar surface area (TPSA) is 36.4 Å². The molecular weight excluding hydrogens is 236 g/mol. The first-order valence-electron chi connectivity index (χ1n) is 6.44. The maximum Gasteiger partial charge on any atom is 0.128 e. The normalized spacial score (nSPS) is 10.5. The maximum absolute atomic E-state index is 9.16. The number of anilines is 1. The molecule has 0 aliphatic heterocycles. The molecule has 1 N–H and O–H groups in total. The Kier molecular flexibility index (Phi) is 4.17. The molecule has 0 bridgehead atoms. The Bertz CT molecular complexity index is 566. The average Bonchev–Trinajstić information content (AvgIpc) is 2.38. The number of benzene rings is 1. The predicted octanol–water partition coefficient (Wildman–Crippen LogP) is 2.83. The number of aromatic nitrogens is 1. The van der Waals surface area contributed by atoms with Crippen LogP contribution in [0.1, 0.15) is 22.4 Å². The van der Waals surface area contributed by atoms with Gasteiger partial charge in [0.15, 0.2) is 0 Å². The van der Waals surface area contributed by atoms with Gasteiger partial charge in [0.1, 0.15) is 5.82 Å². The molecule has 0 atom stereocenters. The SMILES string of the molecule is Cc1cccc(CN(C)c2ccc(CO)c(C)n2)c1. The van der Waals surface area contributed by atoms with E-state index in [-0.39, 0.29) is 6.61 Å². The Morgan fingerprint density at radius 3 is 2.58 bits per heavy atom. The van der Waals surface area contributed by atoms with Crippen LogP contribution >= 0.6 is 0 Å². The van der Waals surface area contributed by atoms with Gasteiger partial charge in [-0.3, -0.25) is 0 Å². The van der Waals surface area contributed by atoms with E-state index in [2.05, 4.69) is 41.1 Å². The van der Waals surface area contributed by atoms with Crippen molar-refractivity contribution in [3.63, 3.8) is 0 Å². The predicted molar refractivity (Wildman–Crippen MR) is 78.2 cm³/mol. The molecule has 1 aromatic carbocycles. The first-order valence-corrected chi connectivity index (χ1v) is 6.44. The van der Waals surface area contributed by atoms with Gasteiger partial charge >= 0.3 is 0 Å². The van der Waals surface area contributed by atoms with Gasteiger partial charge in [-0.15, -0.1) is 0 Å². The van der Waals surface area contributed by atoms with Gasteiger partial charge in [0.25, 0.3) is 0 Å². The Morgan fingerprint density at radius 1 is 1.16 bits per heavy atom. The molecule has 0 amide bonds. The molecule has 2 rings (SSSR count). The molecule has 0 saturated heterocycles. The van der Waals surface area contributed by atoms with Crippen molar-refractivity contribution in [2.45, 2.75) is 27.0 Å². The third-order valence-corrected chi connectivity index (χ3v) is 3.24. The lowest BCUT2D eigenvalue weighted by atomic mass is 10.1. The molecule has 0 spiro atoms. The Labute approximate surface area is 114 Å². The van der Waals surface area contributed by atoms with Crippen molar-refractivity contribution in [3.05, 3.63) is 58.8 Å². The second kappa shape index (κ2) is 5.85. The molecule has 100 valence electrons. The van der Waals surface area contributed by atoms with Crippen molar-refractivity contribution in [3.8, 4) is 0 Å². The van der Waals surface area contributed by atoms with Crippen LogP contribution in [-0.4, -0.2) is 17.1 Å². The van der Waals surface area contributed by atoms with Crippen molar-refractivity contribution in [1.29, 1.82) is 0 Å². The van der Waals surface area contributed by atoms with E-state index in [1.54, 1.807) is 0 Å². The summed E-state index contributed by atoms with van der Waals surface area (Å²) >= 11 is 0. The smallest absolute Gasteiger partial charge is 0.128 e. The number of hydrogen-bond acceptors (Lipinski definition) is 3. The summed E-state index contributed by atoms with van der Waals surface area (Å²) < 4.78 is 0. The van der Waals surface area contributed by atoms with Crippen LogP contribution in [0, 0.1) is 13.8 Å². The second-order valence-corrected chi connectivity index (χ2v) is 4.92. The van der Waals surface area contributed by atoms with Crippen LogP contribution in [0.2, 0.25) is 0 Å². The van der Waals surface area contributed by atoms with Gasteiger partial charge < -0.3 is 10.0 Å². The van der Waals surface area contributed by atoms with E-state index in [0.717, 1.165) is 23.6 Å². The first-order chi connectivity index (χ1) is 9.10. The summed E-state index contributed by atoms with van der Waals surface area (Å²) in [6.45, 7) is 4.89. The standard InChI is InChI=1S/C16H20N2O/c1-12-5-4-6-14(9-12)10-18(3)16-8-7-15(11-19)13(2)17-16/h4-9,19H,10-11H2,1-3H3. The number of rotatable bonds is 4. The van der Waals surface area contributed by atoms with Gasteiger partial charge in [-0.05, 0) is 31.0 Å². The monoisotopic (exact) mass is 256 g/mol. The van der Waals surface area contributed by atoms with E-state index in [1.165, 1.54) is 11.1 Å². The van der Waals surface area contributed by atoms with Crippen LogP contribution < -0.4 is 4.90 Å². The minimum Gasteiger partial charge on any atom is -0.392 e. The number of aliphatic hydroxyl groups excluding tert-OH is 1. The molecule has 0 radical (unpaired) electrons. The third-order valence-electron chi connectivity index (χ3n) is 3.24. The Hall–Kier alpha value is -1.87. The van der Waals surface area contributed by atoms with E-state index in [4.69, 9.17) is 5.11 Å². The zero-order valence-corrected chi connectivity index (χ0v) is 11.7. The highest BCUT2D eigenvalue weighted by Crippen LogP contribution is 2.16. The van der Waals surface area contributed by atoms with Crippen LogP contribution in [-0.2, 0) is 13.2 Å². The number of nitrogens with zero attached hydrogens (tertiary/aromatic N) is 2. The summed E-state index contributed by atoms with van der Waals surface area (Å²) in [6, 6.07) is 12.4. The highest BCUT2D eigenvalue weighted by atomic mass is 16.3. The van der Waals surface area contributed by atoms with Gasteiger partial charge in [-0.1, -0.05) is 35.9 Å². The summed E-state index contributed by atoms with van der Waals surface area (Å²) in [5, 5.41) is 9.16. The van der Waals surface area contributed by atoms with Gasteiger partial charge in [0.05, 0.1) is 6.61 Å². The Morgan fingerprint density at radius 2 is 1.95 bits per heavy atom. The van der Waals surface area contributed by atoms with Gasteiger partial charge in [-0.2, -0.15) is 0 Å². The van der Waals surface area contributed by atoms with Crippen molar-refractivity contribution < 1.29 is 5.11 Å². The lowest BCUT2D eigenvalue weighted by molar-refractivity contribution is 0.280. The zero-order valence-electron chi connectivity index (χ0n) is 11.7. The van der Waals surface area contributed by atoms with Crippen LogP contribution in [0.3, 0.4) is 0 Å². The minimum atomic E-state index is 0.0424. The molecule has 0 fully saturated rings. The lowest BCUT2D eigenvalue weighted by Gasteiger charge is -2.19. The summed E-state index contributed by atoms with van der Waals surface area (Å²) in [6.07, 6.45) is 0. The second-order valence-electron chi connectivity index (χ2n) is 4.92. The highest BCUT2D eigenvalue weighted by Gasteiger charge is 2.06. The molecule has 0 aliphatic rings. The molecule has 0 unspecified atom stereocenters. The van der Waals surface area contributed by atoms with Crippen LogP contribution in [0.25, 0.3) is 0 Å². The van der Waals surface area contributed by atoms with Crippen LogP contribution in [0.5, 0.6) is 0 Å². The summed E-state index contributed by atoms with van der Waals surface area (Å²) in [7, 11) is 2.03. The number of aryl methyl sites for hydroxylation is 2. The van der Waals surface area contributed by atoms with Crippen molar-refractivity contribution >= 4 is 5.82 Å².